The summed E-state index contributed by atoms with van der Waals surface area (Å²) >= 11 is 0. The van der Waals surface area contributed by atoms with Crippen LogP contribution in [0.1, 0.15) is 26.7 Å². The molecule has 7 heteroatoms. The molecule has 0 saturated carbocycles. The molecular weight excluding hydrogens is 270 g/mol. The quantitative estimate of drug-likeness (QED) is 0.846. The third kappa shape index (κ3) is 4.54. The van der Waals surface area contributed by atoms with Gasteiger partial charge in [-0.15, -0.1) is 5.10 Å². The summed E-state index contributed by atoms with van der Waals surface area (Å²) in [6.45, 7) is 6.20. The Hall–Kier alpha value is -1.92. The van der Waals surface area contributed by atoms with E-state index in [0.717, 1.165) is 25.9 Å². The largest absolute Gasteiger partial charge is 0.354 e. The number of nitrogens with one attached hydrogen (secondary N) is 1. The molecule has 1 aliphatic rings. The fourth-order valence-corrected chi connectivity index (χ4v) is 2.58. The Labute approximate surface area is 124 Å². The first-order valence-corrected chi connectivity index (χ1v) is 7.46. The standard InChI is InChI=1S/C14H23N5O2/c1-11(2)14(21)18-6-3-4-12(9-18)8-15-13(20)10-19-7-5-16-17-19/h5,7,11-12H,3-4,6,8-10H2,1-2H3,(H,15,20)/t12-/m1/s1. The number of likely N-dealkylation sites (tertiary alicyclic amines) is 1. The first kappa shape index (κ1) is 15.5. The van der Waals surface area contributed by atoms with Gasteiger partial charge in [0.25, 0.3) is 0 Å². The second-order valence-electron chi connectivity index (χ2n) is 5.85. The van der Waals surface area contributed by atoms with Gasteiger partial charge in [-0.2, -0.15) is 0 Å². The molecule has 0 spiro atoms. The van der Waals surface area contributed by atoms with Crippen LogP contribution in [0.15, 0.2) is 12.4 Å². The maximum Gasteiger partial charge on any atom is 0.241 e. The number of nitrogens with zero attached hydrogens (tertiary/aromatic N) is 4. The van der Waals surface area contributed by atoms with Gasteiger partial charge in [-0.1, -0.05) is 19.1 Å². The normalized spacial score (nSPS) is 18.8. The monoisotopic (exact) mass is 293 g/mol. The lowest BCUT2D eigenvalue weighted by atomic mass is 9.97. The van der Waals surface area contributed by atoms with Gasteiger partial charge in [0.15, 0.2) is 0 Å². The SMILES string of the molecule is CC(C)C(=O)N1CCC[C@H](CNC(=O)Cn2ccnn2)C1. The molecule has 1 aliphatic heterocycles. The van der Waals surface area contributed by atoms with Crippen molar-refractivity contribution in [3.05, 3.63) is 12.4 Å². The van der Waals surface area contributed by atoms with E-state index in [1.807, 2.05) is 18.7 Å². The molecule has 1 atom stereocenters. The van der Waals surface area contributed by atoms with Gasteiger partial charge in [-0.05, 0) is 18.8 Å². The smallest absolute Gasteiger partial charge is 0.241 e. The Morgan fingerprint density at radius 1 is 1.43 bits per heavy atom. The lowest BCUT2D eigenvalue weighted by Crippen LogP contribution is -2.45. The van der Waals surface area contributed by atoms with Crippen molar-refractivity contribution in [1.82, 2.24) is 25.2 Å². The molecule has 1 N–H and O–H groups in total. The van der Waals surface area contributed by atoms with Crippen molar-refractivity contribution < 1.29 is 9.59 Å². The summed E-state index contributed by atoms with van der Waals surface area (Å²) < 4.78 is 1.49. The Bertz CT molecular complexity index is 472. The van der Waals surface area contributed by atoms with E-state index in [1.54, 1.807) is 12.4 Å². The maximum absolute atomic E-state index is 12.0. The highest BCUT2D eigenvalue weighted by molar-refractivity contribution is 5.78. The highest BCUT2D eigenvalue weighted by Crippen LogP contribution is 2.17. The van der Waals surface area contributed by atoms with Crippen molar-refractivity contribution >= 4 is 11.8 Å². The van der Waals surface area contributed by atoms with Crippen LogP contribution < -0.4 is 5.32 Å². The van der Waals surface area contributed by atoms with Crippen LogP contribution in [-0.4, -0.2) is 51.3 Å². The molecular formula is C14H23N5O2. The number of hydrogen-bond donors (Lipinski definition) is 1. The summed E-state index contributed by atoms with van der Waals surface area (Å²) in [5.74, 6) is 0.494. The van der Waals surface area contributed by atoms with Crippen molar-refractivity contribution in [3.8, 4) is 0 Å². The Kier molecular flexibility index (Phi) is 5.30. The van der Waals surface area contributed by atoms with E-state index >= 15 is 0 Å². The van der Waals surface area contributed by atoms with Crippen LogP contribution in [0.5, 0.6) is 0 Å². The molecule has 1 aromatic heterocycles. The molecule has 0 unspecified atom stereocenters. The fourth-order valence-electron chi connectivity index (χ4n) is 2.58. The van der Waals surface area contributed by atoms with Crippen LogP contribution in [-0.2, 0) is 16.1 Å². The molecule has 7 nitrogen and oxygen atoms in total. The van der Waals surface area contributed by atoms with Crippen molar-refractivity contribution in [3.63, 3.8) is 0 Å². The predicted octanol–water partition coefficient (Wildman–Crippen LogP) is 0.289. The van der Waals surface area contributed by atoms with Gasteiger partial charge in [0, 0.05) is 31.7 Å². The number of amides is 2. The van der Waals surface area contributed by atoms with E-state index < -0.39 is 0 Å². The third-order valence-corrected chi connectivity index (χ3v) is 3.69. The second-order valence-corrected chi connectivity index (χ2v) is 5.85. The molecule has 0 aliphatic carbocycles. The average molecular weight is 293 g/mol. The molecule has 2 amide bonds. The second kappa shape index (κ2) is 7.19. The van der Waals surface area contributed by atoms with E-state index in [1.165, 1.54) is 4.68 Å². The molecule has 0 aromatic carbocycles. The van der Waals surface area contributed by atoms with Gasteiger partial charge in [-0.25, -0.2) is 4.68 Å². The number of rotatable bonds is 5. The summed E-state index contributed by atoms with van der Waals surface area (Å²) in [4.78, 5) is 25.7. The summed E-state index contributed by atoms with van der Waals surface area (Å²) in [5, 5.41) is 10.3. The van der Waals surface area contributed by atoms with E-state index in [4.69, 9.17) is 0 Å². The minimum atomic E-state index is -0.0761. The van der Waals surface area contributed by atoms with E-state index in [9.17, 15) is 9.59 Å². The van der Waals surface area contributed by atoms with Crippen LogP contribution in [0.4, 0.5) is 0 Å². The summed E-state index contributed by atoms with van der Waals surface area (Å²) in [7, 11) is 0. The van der Waals surface area contributed by atoms with Crippen LogP contribution in [0.2, 0.25) is 0 Å². The van der Waals surface area contributed by atoms with Gasteiger partial charge >= 0.3 is 0 Å². The fraction of sp³-hybridized carbons (Fsp3) is 0.714. The lowest BCUT2D eigenvalue weighted by Gasteiger charge is -2.34. The number of carbonyl (C=O) groups excluding carboxylic acids is 2. The number of piperidine rings is 1. The van der Waals surface area contributed by atoms with Crippen molar-refractivity contribution in [1.29, 1.82) is 0 Å². The number of carbonyl (C=O) groups is 2. The van der Waals surface area contributed by atoms with E-state index in [0.29, 0.717) is 12.5 Å². The molecule has 1 aromatic rings. The topological polar surface area (TPSA) is 80.1 Å². The van der Waals surface area contributed by atoms with Crippen molar-refractivity contribution in [2.24, 2.45) is 11.8 Å². The number of aromatic nitrogens is 3. The van der Waals surface area contributed by atoms with Crippen LogP contribution >= 0.6 is 0 Å². The van der Waals surface area contributed by atoms with Crippen LogP contribution in [0, 0.1) is 11.8 Å². The predicted molar refractivity (Wildman–Crippen MR) is 77.2 cm³/mol. The number of hydrogen-bond acceptors (Lipinski definition) is 4. The van der Waals surface area contributed by atoms with Crippen molar-refractivity contribution in [2.75, 3.05) is 19.6 Å². The zero-order chi connectivity index (χ0) is 15.2. The highest BCUT2D eigenvalue weighted by Gasteiger charge is 2.25. The molecule has 21 heavy (non-hydrogen) atoms. The van der Waals surface area contributed by atoms with E-state index in [2.05, 4.69) is 15.6 Å². The summed E-state index contributed by atoms with van der Waals surface area (Å²) in [5.41, 5.74) is 0. The summed E-state index contributed by atoms with van der Waals surface area (Å²) in [6.07, 6.45) is 5.25. The van der Waals surface area contributed by atoms with Gasteiger partial charge in [0.2, 0.25) is 11.8 Å². The Morgan fingerprint density at radius 2 is 2.24 bits per heavy atom. The lowest BCUT2D eigenvalue weighted by molar-refractivity contribution is -0.136. The van der Waals surface area contributed by atoms with Crippen LogP contribution in [0.25, 0.3) is 0 Å². The van der Waals surface area contributed by atoms with Gasteiger partial charge in [-0.3, -0.25) is 9.59 Å². The molecule has 116 valence electrons. The highest BCUT2D eigenvalue weighted by atomic mass is 16.2. The Balaban J connectivity index is 1.75. The first-order chi connectivity index (χ1) is 10.1. The molecule has 0 bridgehead atoms. The van der Waals surface area contributed by atoms with Gasteiger partial charge < -0.3 is 10.2 Å². The molecule has 1 fully saturated rings. The van der Waals surface area contributed by atoms with Crippen molar-refractivity contribution in [2.45, 2.75) is 33.2 Å². The van der Waals surface area contributed by atoms with Crippen LogP contribution in [0.3, 0.4) is 0 Å². The average Bonchev–Trinajstić information content (AvgIpc) is 2.97. The zero-order valence-corrected chi connectivity index (χ0v) is 12.7. The van der Waals surface area contributed by atoms with Gasteiger partial charge in [0.1, 0.15) is 6.54 Å². The molecule has 2 heterocycles. The van der Waals surface area contributed by atoms with E-state index in [-0.39, 0.29) is 24.3 Å². The molecule has 1 saturated heterocycles. The Morgan fingerprint density at radius 3 is 2.90 bits per heavy atom. The molecule has 2 rings (SSSR count). The minimum Gasteiger partial charge on any atom is -0.354 e. The first-order valence-electron chi connectivity index (χ1n) is 7.46. The van der Waals surface area contributed by atoms with Gasteiger partial charge in [0.05, 0.1) is 6.20 Å². The third-order valence-electron chi connectivity index (χ3n) is 3.69. The minimum absolute atomic E-state index is 0.0330. The summed E-state index contributed by atoms with van der Waals surface area (Å²) in [6, 6.07) is 0. The molecule has 0 radical (unpaired) electrons. The zero-order valence-electron chi connectivity index (χ0n) is 12.7. The maximum atomic E-state index is 12.0.